The average Bonchev–Trinajstić information content (AvgIpc) is 2.68. The molecule has 0 spiro atoms. The summed E-state index contributed by atoms with van der Waals surface area (Å²) >= 11 is 0. The van der Waals surface area contributed by atoms with Crippen molar-refractivity contribution in [3.05, 3.63) is 67.8 Å². The van der Waals surface area contributed by atoms with Crippen molar-refractivity contribution in [3.8, 4) is 11.5 Å². The highest BCUT2D eigenvalue weighted by molar-refractivity contribution is 5.63. The van der Waals surface area contributed by atoms with Gasteiger partial charge in [0.2, 0.25) is 0 Å². The number of halogens is 3. The van der Waals surface area contributed by atoms with Crippen LogP contribution in [-0.2, 0) is 6.18 Å². The van der Waals surface area contributed by atoms with Crippen LogP contribution in [0.2, 0.25) is 0 Å². The predicted molar refractivity (Wildman–Crippen MR) is 97.1 cm³/mol. The van der Waals surface area contributed by atoms with Crippen molar-refractivity contribution in [3.63, 3.8) is 0 Å². The van der Waals surface area contributed by atoms with Crippen molar-refractivity contribution < 1.29 is 27.8 Å². The van der Waals surface area contributed by atoms with Crippen LogP contribution in [0.3, 0.4) is 0 Å². The Morgan fingerprint density at radius 3 is 1.86 bits per heavy atom. The summed E-state index contributed by atoms with van der Waals surface area (Å²) in [7, 11) is 0. The number of nitrogens with zero attached hydrogens (tertiary/aromatic N) is 2. The van der Waals surface area contributed by atoms with Gasteiger partial charge in [-0.2, -0.15) is 13.2 Å². The molecule has 0 saturated heterocycles. The molecule has 154 valence electrons. The summed E-state index contributed by atoms with van der Waals surface area (Å²) in [5, 5.41) is 22.5. The number of ether oxygens (including phenoxy) is 1. The van der Waals surface area contributed by atoms with Gasteiger partial charge in [0.15, 0.2) is 0 Å². The Hall–Kier alpha value is -3.17. The van der Waals surface area contributed by atoms with E-state index in [0.29, 0.717) is 5.92 Å². The van der Waals surface area contributed by atoms with Gasteiger partial charge in [0.05, 0.1) is 15.4 Å². The Labute approximate surface area is 163 Å². The number of hydrogen-bond donors (Lipinski definition) is 0. The normalized spacial score (nSPS) is 15.1. The van der Waals surface area contributed by atoms with E-state index >= 15 is 0 Å². The first-order valence-corrected chi connectivity index (χ1v) is 8.98. The Morgan fingerprint density at radius 1 is 0.897 bits per heavy atom. The van der Waals surface area contributed by atoms with Crippen LogP contribution in [0.5, 0.6) is 11.5 Å². The number of alkyl halides is 3. The molecular formula is C19H17F3N2O5. The van der Waals surface area contributed by atoms with Crippen LogP contribution in [-0.4, -0.2) is 9.85 Å². The average molecular weight is 410 g/mol. The number of benzene rings is 2. The highest BCUT2D eigenvalue weighted by Crippen LogP contribution is 2.44. The molecule has 3 rings (SSSR count). The smallest absolute Gasteiger partial charge is 0.416 e. The molecule has 29 heavy (non-hydrogen) atoms. The van der Waals surface area contributed by atoms with Crippen LogP contribution >= 0.6 is 0 Å². The van der Waals surface area contributed by atoms with Gasteiger partial charge < -0.3 is 4.74 Å². The minimum atomic E-state index is -4.98. The van der Waals surface area contributed by atoms with Gasteiger partial charge in [-0.25, -0.2) is 0 Å². The largest absolute Gasteiger partial charge is 0.444 e. The van der Waals surface area contributed by atoms with E-state index in [4.69, 9.17) is 4.74 Å². The van der Waals surface area contributed by atoms with E-state index in [1.807, 2.05) is 0 Å². The van der Waals surface area contributed by atoms with Crippen molar-refractivity contribution in [2.24, 2.45) is 0 Å². The molecule has 0 heterocycles. The van der Waals surface area contributed by atoms with E-state index in [1.165, 1.54) is 18.6 Å². The highest BCUT2D eigenvalue weighted by atomic mass is 19.4. The van der Waals surface area contributed by atoms with E-state index in [-0.39, 0.29) is 17.9 Å². The van der Waals surface area contributed by atoms with Crippen LogP contribution in [0.25, 0.3) is 0 Å². The first-order valence-electron chi connectivity index (χ1n) is 8.98. The molecule has 7 nitrogen and oxygen atoms in total. The standard InChI is InChI=1S/C19H17F3N2O5/c20-19(21,22)14-10-16(23(25)26)18(17(11-14)24(27)28)29-15-8-6-13(7-9-15)12-4-2-1-3-5-12/h6-12H,1-5H2. The summed E-state index contributed by atoms with van der Waals surface area (Å²) in [6, 6.07) is 7.03. The molecule has 0 N–H and O–H groups in total. The fourth-order valence-electron chi connectivity index (χ4n) is 3.50. The molecule has 0 unspecified atom stereocenters. The van der Waals surface area contributed by atoms with Crippen LogP contribution in [0.1, 0.15) is 49.1 Å². The van der Waals surface area contributed by atoms with Crippen LogP contribution in [0.4, 0.5) is 24.5 Å². The molecule has 0 amide bonds. The van der Waals surface area contributed by atoms with Crippen molar-refractivity contribution >= 4 is 11.4 Å². The Balaban J connectivity index is 1.97. The van der Waals surface area contributed by atoms with E-state index in [9.17, 15) is 33.4 Å². The third-order valence-electron chi connectivity index (χ3n) is 4.95. The van der Waals surface area contributed by atoms with Gasteiger partial charge in [-0.05, 0) is 36.5 Å². The molecular weight excluding hydrogens is 393 g/mol. The summed E-state index contributed by atoms with van der Waals surface area (Å²) < 4.78 is 44.2. The van der Waals surface area contributed by atoms with Crippen molar-refractivity contribution in [2.45, 2.75) is 44.2 Å². The third kappa shape index (κ3) is 4.64. The molecule has 0 atom stereocenters. The van der Waals surface area contributed by atoms with Gasteiger partial charge >= 0.3 is 17.6 Å². The molecule has 2 aromatic carbocycles. The predicted octanol–water partition coefficient (Wildman–Crippen LogP) is 6.36. The SMILES string of the molecule is O=[N+]([O-])c1cc(C(F)(F)F)cc([N+](=O)[O-])c1Oc1ccc(C2CCCCC2)cc1. The zero-order valence-corrected chi connectivity index (χ0v) is 15.1. The molecule has 2 aromatic rings. The topological polar surface area (TPSA) is 95.5 Å². The van der Waals surface area contributed by atoms with Crippen LogP contribution in [0.15, 0.2) is 36.4 Å². The molecule has 0 aliphatic heterocycles. The summed E-state index contributed by atoms with van der Waals surface area (Å²) in [6.07, 6.45) is 0.584. The fourth-order valence-corrected chi connectivity index (χ4v) is 3.50. The Bertz CT molecular complexity index is 887. The monoisotopic (exact) mass is 410 g/mol. The summed E-state index contributed by atoms with van der Waals surface area (Å²) in [5.41, 5.74) is -2.67. The minimum Gasteiger partial charge on any atom is -0.444 e. The lowest BCUT2D eigenvalue weighted by Gasteiger charge is -2.22. The van der Waals surface area contributed by atoms with Gasteiger partial charge in [-0.1, -0.05) is 31.4 Å². The molecule has 1 aliphatic carbocycles. The van der Waals surface area contributed by atoms with E-state index in [0.717, 1.165) is 31.2 Å². The van der Waals surface area contributed by atoms with E-state index in [1.54, 1.807) is 12.1 Å². The Morgan fingerprint density at radius 2 is 1.41 bits per heavy atom. The van der Waals surface area contributed by atoms with Crippen molar-refractivity contribution in [1.29, 1.82) is 0 Å². The zero-order valence-electron chi connectivity index (χ0n) is 15.1. The molecule has 10 heteroatoms. The van der Waals surface area contributed by atoms with Crippen LogP contribution < -0.4 is 4.74 Å². The maximum absolute atomic E-state index is 13.0. The molecule has 0 aromatic heterocycles. The third-order valence-corrected chi connectivity index (χ3v) is 4.95. The molecule has 1 fully saturated rings. The number of rotatable bonds is 5. The van der Waals surface area contributed by atoms with Gasteiger partial charge in [-0.15, -0.1) is 0 Å². The van der Waals surface area contributed by atoms with Gasteiger partial charge in [-0.3, -0.25) is 20.2 Å². The minimum absolute atomic E-state index is 0.0653. The number of nitro benzene ring substituents is 2. The van der Waals surface area contributed by atoms with Gasteiger partial charge in [0.1, 0.15) is 5.75 Å². The lowest BCUT2D eigenvalue weighted by Crippen LogP contribution is -2.08. The van der Waals surface area contributed by atoms with E-state index < -0.39 is 38.7 Å². The number of hydrogen-bond acceptors (Lipinski definition) is 5. The second-order valence-electron chi connectivity index (χ2n) is 6.86. The van der Waals surface area contributed by atoms with E-state index in [2.05, 4.69) is 0 Å². The first kappa shape index (κ1) is 20.6. The number of nitro groups is 2. The molecule has 1 saturated carbocycles. The second-order valence-corrected chi connectivity index (χ2v) is 6.86. The quantitative estimate of drug-likeness (QED) is 0.422. The van der Waals surface area contributed by atoms with Crippen molar-refractivity contribution in [1.82, 2.24) is 0 Å². The molecule has 0 bridgehead atoms. The first-order chi connectivity index (χ1) is 13.7. The summed E-state index contributed by atoms with van der Waals surface area (Å²) in [4.78, 5) is 20.3. The Kier molecular flexibility index (Phi) is 5.71. The maximum Gasteiger partial charge on any atom is 0.416 e. The molecule has 0 radical (unpaired) electrons. The fraction of sp³-hybridized carbons (Fsp3) is 0.368. The van der Waals surface area contributed by atoms with Crippen molar-refractivity contribution in [2.75, 3.05) is 0 Å². The summed E-state index contributed by atoms with van der Waals surface area (Å²) in [6.45, 7) is 0. The highest BCUT2D eigenvalue weighted by Gasteiger charge is 2.38. The molecule has 1 aliphatic rings. The lowest BCUT2D eigenvalue weighted by molar-refractivity contribution is -0.396. The second kappa shape index (κ2) is 8.06. The van der Waals surface area contributed by atoms with Gasteiger partial charge in [0.25, 0.3) is 5.75 Å². The van der Waals surface area contributed by atoms with Crippen LogP contribution in [0, 0.1) is 20.2 Å². The van der Waals surface area contributed by atoms with Gasteiger partial charge in [0, 0.05) is 12.1 Å². The summed E-state index contributed by atoms with van der Waals surface area (Å²) in [5.74, 6) is -0.374. The zero-order chi connectivity index (χ0) is 21.2. The maximum atomic E-state index is 13.0. The lowest BCUT2D eigenvalue weighted by atomic mass is 9.84.